The van der Waals surface area contributed by atoms with Crippen LogP contribution in [0.1, 0.15) is 78.1 Å². The van der Waals surface area contributed by atoms with Crippen LogP contribution in [-0.2, 0) is 0 Å². The highest BCUT2D eigenvalue weighted by molar-refractivity contribution is 5.03. The Morgan fingerprint density at radius 2 is 1.59 bits per heavy atom. The number of rotatable bonds is 6. The van der Waals surface area contributed by atoms with Crippen molar-refractivity contribution in [2.24, 2.45) is 0 Å². The van der Waals surface area contributed by atoms with Crippen molar-refractivity contribution in [3.8, 4) is 0 Å². The number of hydrogen-bond acceptors (Lipinski definition) is 1. The molecule has 0 amide bonds. The van der Waals surface area contributed by atoms with Gasteiger partial charge in [-0.15, -0.1) is 0 Å². The second kappa shape index (κ2) is 13.8. The van der Waals surface area contributed by atoms with Crippen molar-refractivity contribution in [3.05, 3.63) is 11.6 Å². The van der Waals surface area contributed by atoms with Crippen LogP contribution < -0.4 is 5.32 Å². The fraction of sp³-hybridized carbons (Fsp3) is 0.875. The van der Waals surface area contributed by atoms with Crippen molar-refractivity contribution in [3.63, 3.8) is 0 Å². The van der Waals surface area contributed by atoms with Gasteiger partial charge in [-0.3, -0.25) is 0 Å². The molecule has 0 aromatic carbocycles. The van der Waals surface area contributed by atoms with Crippen molar-refractivity contribution in [2.75, 3.05) is 13.6 Å². The molecular formula is C16H33N. The summed E-state index contributed by atoms with van der Waals surface area (Å²) in [5, 5.41) is 3.16. The summed E-state index contributed by atoms with van der Waals surface area (Å²) in [6, 6.07) is 0. The van der Waals surface area contributed by atoms with E-state index >= 15 is 0 Å². The van der Waals surface area contributed by atoms with E-state index in [0.717, 1.165) is 6.54 Å². The highest BCUT2D eigenvalue weighted by atomic mass is 14.8. The summed E-state index contributed by atoms with van der Waals surface area (Å²) in [5.41, 5.74) is 1.70. The maximum absolute atomic E-state index is 3.16. The number of allylic oxidation sites excluding steroid dienone is 1. The number of hydrogen-bond donors (Lipinski definition) is 1. The Morgan fingerprint density at radius 3 is 2.06 bits per heavy atom. The molecule has 0 heterocycles. The first-order valence-electron chi connectivity index (χ1n) is 7.67. The predicted octanol–water partition coefficient (Wildman–Crippen LogP) is 5.07. The minimum Gasteiger partial charge on any atom is -0.319 e. The van der Waals surface area contributed by atoms with Gasteiger partial charge in [0.05, 0.1) is 0 Å². The molecule has 0 aliphatic heterocycles. The van der Waals surface area contributed by atoms with Crippen molar-refractivity contribution >= 4 is 0 Å². The quantitative estimate of drug-likeness (QED) is 0.504. The molecule has 1 heteroatoms. The van der Waals surface area contributed by atoms with Gasteiger partial charge in [-0.25, -0.2) is 0 Å². The fourth-order valence-electron chi connectivity index (χ4n) is 2.13. The van der Waals surface area contributed by atoms with Gasteiger partial charge in [-0.05, 0) is 45.7 Å². The molecule has 0 unspecified atom stereocenters. The molecule has 1 nitrogen and oxygen atoms in total. The minimum absolute atomic E-state index is 1.13. The van der Waals surface area contributed by atoms with Gasteiger partial charge in [0.15, 0.2) is 0 Å². The molecule has 0 atom stereocenters. The molecule has 1 fully saturated rings. The largest absolute Gasteiger partial charge is 0.319 e. The molecule has 1 aliphatic carbocycles. The third-order valence-corrected chi connectivity index (χ3v) is 3.28. The smallest absolute Gasteiger partial charge is 0.00172 e. The Kier molecular flexibility index (Phi) is 13.5. The van der Waals surface area contributed by atoms with E-state index in [-0.39, 0.29) is 0 Å². The maximum atomic E-state index is 3.16. The number of unbranched alkanes of at least 4 members (excludes halogenated alkanes) is 3. The van der Waals surface area contributed by atoms with E-state index in [1.165, 1.54) is 64.2 Å². The van der Waals surface area contributed by atoms with Gasteiger partial charge in [-0.2, -0.15) is 0 Å². The summed E-state index contributed by atoms with van der Waals surface area (Å²) in [7, 11) is 2.01. The Hall–Kier alpha value is -0.300. The van der Waals surface area contributed by atoms with Gasteiger partial charge in [0, 0.05) is 0 Å². The summed E-state index contributed by atoms with van der Waals surface area (Å²) in [5.74, 6) is 0. The molecule has 0 aromatic rings. The first-order valence-corrected chi connectivity index (χ1v) is 7.67. The zero-order valence-electron chi connectivity index (χ0n) is 12.4. The monoisotopic (exact) mass is 239 g/mol. The van der Waals surface area contributed by atoms with Gasteiger partial charge in [0.1, 0.15) is 0 Å². The molecule has 1 N–H and O–H groups in total. The zero-order valence-corrected chi connectivity index (χ0v) is 12.4. The van der Waals surface area contributed by atoms with Crippen molar-refractivity contribution in [1.82, 2.24) is 5.32 Å². The van der Waals surface area contributed by atoms with E-state index in [1.54, 1.807) is 5.57 Å². The van der Waals surface area contributed by atoms with E-state index in [2.05, 4.69) is 25.2 Å². The lowest BCUT2D eigenvalue weighted by atomic mass is 9.94. The standard InChI is InChI=1S/C10H19N.C6H14/c1-11-9-5-8-10-6-3-2-4-7-10;1-3-5-6-4-2/h8,11H,2-7,9H2,1H3;3-6H2,1-2H3. The fourth-order valence-corrected chi connectivity index (χ4v) is 2.13. The Bertz CT molecular complexity index is 160. The molecule has 1 rings (SSSR count). The van der Waals surface area contributed by atoms with E-state index in [4.69, 9.17) is 0 Å². The normalized spacial score (nSPS) is 15.1. The highest BCUT2D eigenvalue weighted by Gasteiger charge is 2.03. The third kappa shape index (κ3) is 12.0. The van der Waals surface area contributed by atoms with Crippen molar-refractivity contribution in [2.45, 2.75) is 78.1 Å². The molecule has 0 saturated heterocycles. The van der Waals surface area contributed by atoms with Crippen LogP contribution in [0.3, 0.4) is 0 Å². The second-order valence-electron chi connectivity index (χ2n) is 5.02. The Labute approximate surface area is 109 Å². The van der Waals surface area contributed by atoms with E-state index in [9.17, 15) is 0 Å². The van der Waals surface area contributed by atoms with Gasteiger partial charge < -0.3 is 5.32 Å². The van der Waals surface area contributed by atoms with Crippen LogP contribution in [0.2, 0.25) is 0 Å². The molecule has 0 radical (unpaired) electrons. The molecule has 17 heavy (non-hydrogen) atoms. The summed E-state index contributed by atoms with van der Waals surface area (Å²) in [4.78, 5) is 0. The average Bonchev–Trinajstić information content (AvgIpc) is 2.39. The third-order valence-electron chi connectivity index (χ3n) is 3.28. The first-order chi connectivity index (χ1) is 8.35. The van der Waals surface area contributed by atoms with Crippen molar-refractivity contribution in [1.29, 1.82) is 0 Å². The Morgan fingerprint density at radius 1 is 1.00 bits per heavy atom. The molecule has 0 bridgehead atoms. The van der Waals surface area contributed by atoms with Gasteiger partial charge >= 0.3 is 0 Å². The maximum Gasteiger partial charge on any atom is -0.00172 e. The molecule has 0 aromatic heterocycles. The van der Waals surface area contributed by atoms with Gasteiger partial charge in [0.2, 0.25) is 0 Å². The summed E-state index contributed by atoms with van der Waals surface area (Å²) >= 11 is 0. The summed E-state index contributed by atoms with van der Waals surface area (Å²) in [6.45, 7) is 5.59. The topological polar surface area (TPSA) is 12.0 Å². The van der Waals surface area contributed by atoms with Crippen LogP contribution in [0.4, 0.5) is 0 Å². The summed E-state index contributed by atoms with van der Waals surface area (Å²) in [6.07, 6.45) is 16.2. The minimum atomic E-state index is 1.13. The first kappa shape index (κ1) is 16.7. The van der Waals surface area contributed by atoms with E-state index in [0.29, 0.717) is 0 Å². The lowest BCUT2D eigenvalue weighted by molar-refractivity contribution is 0.595. The molecule has 1 saturated carbocycles. The van der Waals surface area contributed by atoms with Crippen LogP contribution in [-0.4, -0.2) is 13.6 Å². The van der Waals surface area contributed by atoms with Crippen LogP contribution in [0.15, 0.2) is 11.6 Å². The SMILES string of the molecule is CCCCCC.CNCCC=C1CCCCC1. The van der Waals surface area contributed by atoms with Crippen LogP contribution in [0.25, 0.3) is 0 Å². The molecule has 1 aliphatic rings. The number of nitrogens with one attached hydrogen (secondary N) is 1. The lowest BCUT2D eigenvalue weighted by Gasteiger charge is -2.13. The zero-order chi connectivity index (χ0) is 12.8. The van der Waals surface area contributed by atoms with E-state index in [1.807, 2.05) is 7.05 Å². The summed E-state index contributed by atoms with van der Waals surface area (Å²) < 4.78 is 0. The lowest BCUT2D eigenvalue weighted by Crippen LogP contribution is -2.06. The highest BCUT2D eigenvalue weighted by Crippen LogP contribution is 2.22. The van der Waals surface area contributed by atoms with Crippen molar-refractivity contribution < 1.29 is 0 Å². The predicted molar refractivity (Wildman–Crippen MR) is 79.5 cm³/mol. The van der Waals surface area contributed by atoms with Crippen LogP contribution in [0, 0.1) is 0 Å². The molecular weight excluding hydrogens is 206 g/mol. The van der Waals surface area contributed by atoms with E-state index < -0.39 is 0 Å². The van der Waals surface area contributed by atoms with Crippen LogP contribution in [0.5, 0.6) is 0 Å². The molecule has 0 spiro atoms. The van der Waals surface area contributed by atoms with Gasteiger partial charge in [0.25, 0.3) is 0 Å². The molecule has 102 valence electrons. The second-order valence-corrected chi connectivity index (χ2v) is 5.02. The Balaban J connectivity index is 0.000000366. The van der Waals surface area contributed by atoms with Gasteiger partial charge in [-0.1, -0.05) is 57.6 Å². The van der Waals surface area contributed by atoms with Crippen LogP contribution >= 0.6 is 0 Å². The average molecular weight is 239 g/mol.